The lowest BCUT2D eigenvalue weighted by molar-refractivity contribution is 0.0933. The Kier molecular flexibility index (Phi) is 3.06. The molecule has 1 aromatic heterocycles. The Balaban J connectivity index is 2.58. The molecular formula is C9H15N3O. The summed E-state index contributed by atoms with van der Waals surface area (Å²) in [7, 11) is 1.79. The van der Waals surface area contributed by atoms with Gasteiger partial charge in [0.1, 0.15) is 5.69 Å². The minimum absolute atomic E-state index is 0.102. The molecule has 0 fully saturated rings. The second kappa shape index (κ2) is 4.07. The highest BCUT2D eigenvalue weighted by molar-refractivity contribution is 5.92. The van der Waals surface area contributed by atoms with Crippen molar-refractivity contribution in [1.29, 1.82) is 0 Å². The minimum atomic E-state index is -0.102. The van der Waals surface area contributed by atoms with Gasteiger partial charge in [-0.1, -0.05) is 6.92 Å². The van der Waals surface area contributed by atoms with E-state index in [0.717, 1.165) is 6.42 Å². The molecule has 0 spiro atoms. The summed E-state index contributed by atoms with van der Waals surface area (Å²) in [5.74, 6) is -0.102. The lowest BCUT2D eigenvalue weighted by Gasteiger charge is -2.09. The van der Waals surface area contributed by atoms with Crippen molar-refractivity contribution in [2.75, 3.05) is 0 Å². The van der Waals surface area contributed by atoms with Crippen molar-refractivity contribution in [3.8, 4) is 0 Å². The Morgan fingerprint density at radius 1 is 1.77 bits per heavy atom. The first kappa shape index (κ1) is 9.77. The molecule has 1 aromatic rings. The summed E-state index contributed by atoms with van der Waals surface area (Å²) < 4.78 is 1.62. The van der Waals surface area contributed by atoms with Crippen LogP contribution in [-0.2, 0) is 7.05 Å². The van der Waals surface area contributed by atoms with Crippen LogP contribution in [0.3, 0.4) is 0 Å². The van der Waals surface area contributed by atoms with E-state index in [1.165, 1.54) is 0 Å². The summed E-state index contributed by atoms with van der Waals surface area (Å²) in [6.07, 6.45) is 2.68. The average molecular weight is 181 g/mol. The van der Waals surface area contributed by atoms with Crippen LogP contribution in [0, 0.1) is 0 Å². The standard InChI is InChI=1S/C9H15N3O/c1-4-7(2)10-9(13)8-5-6-12(3)11-8/h5-7H,4H2,1-3H3,(H,10,13). The molecule has 4 nitrogen and oxygen atoms in total. The maximum absolute atomic E-state index is 11.4. The van der Waals surface area contributed by atoms with Crippen molar-refractivity contribution in [1.82, 2.24) is 15.1 Å². The zero-order valence-electron chi connectivity index (χ0n) is 8.24. The molecule has 0 aromatic carbocycles. The maximum Gasteiger partial charge on any atom is 0.271 e. The lowest BCUT2D eigenvalue weighted by Crippen LogP contribution is -2.32. The van der Waals surface area contributed by atoms with Gasteiger partial charge in [-0.15, -0.1) is 0 Å². The van der Waals surface area contributed by atoms with Gasteiger partial charge in [0.15, 0.2) is 0 Å². The number of aryl methyl sites for hydroxylation is 1. The normalized spacial score (nSPS) is 12.5. The fourth-order valence-corrected chi connectivity index (χ4v) is 0.936. The second-order valence-electron chi connectivity index (χ2n) is 3.16. The summed E-state index contributed by atoms with van der Waals surface area (Å²) in [5, 5.41) is 6.85. The van der Waals surface area contributed by atoms with E-state index >= 15 is 0 Å². The van der Waals surface area contributed by atoms with Gasteiger partial charge in [-0.2, -0.15) is 5.10 Å². The number of nitrogens with one attached hydrogen (secondary N) is 1. The molecule has 0 bridgehead atoms. The fourth-order valence-electron chi connectivity index (χ4n) is 0.936. The Hall–Kier alpha value is -1.32. The number of rotatable bonds is 3. The van der Waals surface area contributed by atoms with E-state index in [2.05, 4.69) is 10.4 Å². The van der Waals surface area contributed by atoms with Crippen molar-refractivity contribution < 1.29 is 4.79 Å². The van der Waals surface area contributed by atoms with Crippen LogP contribution in [0.25, 0.3) is 0 Å². The van der Waals surface area contributed by atoms with Crippen molar-refractivity contribution in [3.05, 3.63) is 18.0 Å². The maximum atomic E-state index is 11.4. The highest BCUT2D eigenvalue weighted by Crippen LogP contribution is 1.96. The first-order valence-electron chi connectivity index (χ1n) is 4.44. The van der Waals surface area contributed by atoms with E-state index < -0.39 is 0 Å². The molecular weight excluding hydrogens is 166 g/mol. The summed E-state index contributed by atoms with van der Waals surface area (Å²) in [6, 6.07) is 1.91. The zero-order valence-corrected chi connectivity index (χ0v) is 8.24. The van der Waals surface area contributed by atoms with Gasteiger partial charge in [0.2, 0.25) is 0 Å². The molecule has 1 atom stereocenters. The van der Waals surface area contributed by atoms with E-state index in [-0.39, 0.29) is 11.9 Å². The van der Waals surface area contributed by atoms with Crippen LogP contribution in [-0.4, -0.2) is 21.7 Å². The molecule has 0 aliphatic heterocycles. The van der Waals surface area contributed by atoms with Gasteiger partial charge in [-0.3, -0.25) is 9.48 Å². The molecule has 1 rings (SSSR count). The van der Waals surface area contributed by atoms with Gasteiger partial charge in [0.25, 0.3) is 5.91 Å². The van der Waals surface area contributed by atoms with Crippen LogP contribution < -0.4 is 5.32 Å². The number of aromatic nitrogens is 2. The molecule has 72 valence electrons. The average Bonchev–Trinajstić information content (AvgIpc) is 2.51. The van der Waals surface area contributed by atoms with E-state index in [1.807, 2.05) is 13.8 Å². The van der Waals surface area contributed by atoms with E-state index in [9.17, 15) is 4.79 Å². The van der Waals surface area contributed by atoms with Crippen LogP contribution in [0.5, 0.6) is 0 Å². The second-order valence-corrected chi connectivity index (χ2v) is 3.16. The van der Waals surface area contributed by atoms with Crippen molar-refractivity contribution in [3.63, 3.8) is 0 Å². The Morgan fingerprint density at radius 2 is 2.46 bits per heavy atom. The number of hydrogen-bond acceptors (Lipinski definition) is 2. The third kappa shape index (κ3) is 2.57. The van der Waals surface area contributed by atoms with Gasteiger partial charge in [-0.05, 0) is 19.4 Å². The first-order chi connectivity index (χ1) is 6.13. The van der Waals surface area contributed by atoms with Crippen LogP contribution in [0.2, 0.25) is 0 Å². The van der Waals surface area contributed by atoms with Crippen LogP contribution in [0.1, 0.15) is 30.8 Å². The molecule has 1 amide bonds. The van der Waals surface area contributed by atoms with E-state index in [4.69, 9.17) is 0 Å². The minimum Gasteiger partial charge on any atom is -0.348 e. The first-order valence-corrected chi connectivity index (χ1v) is 4.44. The molecule has 1 unspecified atom stereocenters. The van der Waals surface area contributed by atoms with Gasteiger partial charge in [0, 0.05) is 19.3 Å². The van der Waals surface area contributed by atoms with Gasteiger partial charge in [0.05, 0.1) is 0 Å². The van der Waals surface area contributed by atoms with Crippen LogP contribution >= 0.6 is 0 Å². The highest BCUT2D eigenvalue weighted by atomic mass is 16.2. The highest BCUT2D eigenvalue weighted by Gasteiger charge is 2.10. The molecule has 0 radical (unpaired) electrons. The van der Waals surface area contributed by atoms with Crippen molar-refractivity contribution in [2.45, 2.75) is 26.3 Å². The Labute approximate surface area is 77.9 Å². The van der Waals surface area contributed by atoms with Crippen molar-refractivity contribution in [2.24, 2.45) is 7.05 Å². The molecule has 1 heterocycles. The summed E-state index contributed by atoms with van der Waals surface area (Å²) in [6.45, 7) is 4.00. The molecule has 0 aliphatic rings. The molecule has 0 saturated carbocycles. The smallest absolute Gasteiger partial charge is 0.271 e. The monoisotopic (exact) mass is 181 g/mol. The van der Waals surface area contributed by atoms with E-state index in [1.54, 1.807) is 24.0 Å². The third-order valence-electron chi connectivity index (χ3n) is 1.94. The topological polar surface area (TPSA) is 46.9 Å². The quantitative estimate of drug-likeness (QED) is 0.754. The van der Waals surface area contributed by atoms with Crippen LogP contribution in [0.4, 0.5) is 0 Å². The van der Waals surface area contributed by atoms with Crippen molar-refractivity contribution >= 4 is 5.91 Å². The number of nitrogens with zero attached hydrogens (tertiary/aromatic N) is 2. The number of amides is 1. The largest absolute Gasteiger partial charge is 0.348 e. The summed E-state index contributed by atoms with van der Waals surface area (Å²) in [4.78, 5) is 11.4. The molecule has 0 saturated heterocycles. The van der Waals surface area contributed by atoms with E-state index in [0.29, 0.717) is 5.69 Å². The summed E-state index contributed by atoms with van der Waals surface area (Å²) >= 11 is 0. The predicted molar refractivity (Wildman–Crippen MR) is 50.4 cm³/mol. The molecule has 0 aliphatic carbocycles. The predicted octanol–water partition coefficient (Wildman–Crippen LogP) is 0.948. The number of carbonyl (C=O) groups is 1. The molecule has 13 heavy (non-hydrogen) atoms. The fraction of sp³-hybridized carbons (Fsp3) is 0.556. The third-order valence-corrected chi connectivity index (χ3v) is 1.94. The SMILES string of the molecule is CCC(C)NC(=O)c1ccn(C)n1. The number of carbonyl (C=O) groups excluding carboxylic acids is 1. The number of hydrogen-bond donors (Lipinski definition) is 1. The van der Waals surface area contributed by atoms with Gasteiger partial charge in [-0.25, -0.2) is 0 Å². The molecule has 1 N–H and O–H groups in total. The van der Waals surface area contributed by atoms with Gasteiger partial charge >= 0.3 is 0 Å². The summed E-state index contributed by atoms with van der Waals surface area (Å²) in [5.41, 5.74) is 0.475. The van der Waals surface area contributed by atoms with Gasteiger partial charge < -0.3 is 5.32 Å². The zero-order chi connectivity index (χ0) is 9.84. The Bertz CT molecular complexity index is 293. The van der Waals surface area contributed by atoms with Crippen LogP contribution in [0.15, 0.2) is 12.3 Å². The Morgan fingerprint density at radius 3 is 2.92 bits per heavy atom. The lowest BCUT2D eigenvalue weighted by atomic mass is 10.2. The molecule has 4 heteroatoms.